The number of rotatable bonds is 5. The molecule has 1 aliphatic rings. The minimum Gasteiger partial charge on any atom is -0.393 e. The second kappa shape index (κ2) is 6.20. The van der Waals surface area contributed by atoms with Gasteiger partial charge in [-0.3, -0.25) is 0 Å². The lowest BCUT2D eigenvalue weighted by molar-refractivity contribution is 0.0277. The molecule has 0 aromatic heterocycles. The van der Waals surface area contributed by atoms with Crippen LogP contribution < -0.4 is 4.72 Å². The van der Waals surface area contributed by atoms with Crippen molar-refractivity contribution >= 4 is 21.6 Å². The van der Waals surface area contributed by atoms with Crippen molar-refractivity contribution in [2.45, 2.75) is 50.2 Å². The molecule has 1 aliphatic carbocycles. The summed E-state index contributed by atoms with van der Waals surface area (Å²) >= 11 is 5.86. The summed E-state index contributed by atoms with van der Waals surface area (Å²) in [6.07, 6.45) is 1.47. The molecular formula is C14H19ClFNO3S. The van der Waals surface area contributed by atoms with Crippen LogP contribution in [0.1, 0.15) is 31.7 Å². The summed E-state index contributed by atoms with van der Waals surface area (Å²) in [4.78, 5) is -0.110. The van der Waals surface area contributed by atoms with Gasteiger partial charge >= 0.3 is 0 Å². The van der Waals surface area contributed by atoms with Crippen LogP contribution in [0, 0.1) is 18.7 Å². The Morgan fingerprint density at radius 1 is 1.48 bits per heavy atom. The normalized spacial score (nSPS) is 23.7. The minimum absolute atomic E-state index is 0.110. The monoisotopic (exact) mass is 335 g/mol. The van der Waals surface area contributed by atoms with Gasteiger partial charge in [0.2, 0.25) is 10.0 Å². The van der Waals surface area contributed by atoms with Crippen molar-refractivity contribution in [3.05, 3.63) is 28.5 Å². The van der Waals surface area contributed by atoms with Gasteiger partial charge in [0.15, 0.2) is 0 Å². The summed E-state index contributed by atoms with van der Waals surface area (Å²) in [6.45, 7) is 3.37. The van der Waals surface area contributed by atoms with Crippen molar-refractivity contribution in [3.63, 3.8) is 0 Å². The largest absolute Gasteiger partial charge is 0.393 e. The van der Waals surface area contributed by atoms with E-state index in [0.29, 0.717) is 19.3 Å². The number of hydrogen-bond donors (Lipinski definition) is 2. The summed E-state index contributed by atoms with van der Waals surface area (Å²) in [6, 6.07) is 2.00. The molecule has 1 atom stereocenters. The number of benzene rings is 1. The average molecular weight is 336 g/mol. The van der Waals surface area contributed by atoms with Crippen LogP contribution in [0.2, 0.25) is 5.02 Å². The Morgan fingerprint density at radius 3 is 2.62 bits per heavy atom. The fourth-order valence-corrected chi connectivity index (χ4v) is 4.56. The van der Waals surface area contributed by atoms with Crippen molar-refractivity contribution in [1.29, 1.82) is 0 Å². The van der Waals surface area contributed by atoms with Crippen LogP contribution in [0.15, 0.2) is 17.0 Å². The fourth-order valence-electron chi connectivity index (χ4n) is 2.57. The maximum absolute atomic E-state index is 13.4. The van der Waals surface area contributed by atoms with E-state index in [9.17, 15) is 17.9 Å². The molecule has 0 aliphatic heterocycles. The molecule has 0 bridgehead atoms. The highest BCUT2D eigenvalue weighted by Crippen LogP contribution is 2.33. The van der Waals surface area contributed by atoms with E-state index in [2.05, 4.69) is 4.72 Å². The third-order valence-electron chi connectivity index (χ3n) is 3.97. The molecule has 118 valence electrons. The maximum Gasteiger partial charge on any atom is 0.242 e. The van der Waals surface area contributed by atoms with E-state index in [4.69, 9.17) is 11.6 Å². The fraction of sp³-hybridized carbons (Fsp3) is 0.571. The zero-order chi connectivity index (χ0) is 15.8. The van der Waals surface area contributed by atoms with Gasteiger partial charge in [-0.15, -0.1) is 0 Å². The Hall–Kier alpha value is -0.690. The molecule has 2 N–H and O–H groups in total. The Bertz CT molecular complexity index is 629. The number of aliphatic hydroxyl groups is 1. The highest BCUT2D eigenvalue weighted by Gasteiger charge is 2.35. The molecule has 1 aromatic rings. The minimum atomic E-state index is -3.81. The molecule has 1 saturated carbocycles. The lowest BCUT2D eigenvalue weighted by Gasteiger charge is -2.37. The van der Waals surface area contributed by atoms with Crippen molar-refractivity contribution < 1.29 is 17.9 Å². The van der Waals surface area contributed by atoms with Gasteiger partial charge in [0.05, 0.1) is 11.1 Å². The van der Waals surface area contributed by atoms with E-state index in [0.717, 1.165) is 6.07 Å². The predicted molar refractivity (Wildman–Crippen MR) is 79.3 cm³/mol. The number of sulfonamides is 1. The summed E-state index contributed by atoms with van der Waals surface area (Å²) in [5, 5.41) is 9.22. The van der Waals surface area contributed by atoms with Gasteiger partial charge in [-0.2, -0.15) is 0 Å². The molecule has 0 amide bonds. The van der Waals surface area contributed by atoms with Gasteiger partial charge in [0, 0.05) is 6.04 Å². The Labute approximate surface area is 129 Å². The number of aliphatic hydroxyl groups excluding tert-OH is 1. The highest BCUT2D eigenvalue weighted by molar-refractivity contribution is 7.89. The van der Waals surface area contributed by atoms with Crippen LogP contribution >= 0.6 is 11.6 Å². The molecule has 0 unspecified atom stereocenters. The lowest BCUT2D eigenvalue weighted by atomic mass is 9.77. The molecule has 0 spiro atoms. The first-order valence-corrected chi connectivity index (χ1v) is 8.76. The van der Waals surface area contributed by atoms with Gasteiger partial charge in [-0.1, -0.05) is 18.5 Å². The smallest absolute Gasteiger partial charge is 0.242 e. The highest BCUT2D eigenvalue weighted by atomic mass is 35.5. The van der Waals surface area contributed by atoms with E-state index >= 15 is 0 Å². The standard InChI is InChI=1S/C14H19ClFNO3S/c1-3-13(9-5-10(18)6-9)17-21(19,20)14-4-8(2)12(16)7-11(14)15/h4,7,9-10,13,17-18H,3,5-6H2,1-2H3/t9?,10?,13-/m1/s1. The Balaban J connectivity index is 2.23. The Morgan fingerprint density at radius 2 is 2.10 bits per heavy atom. The molecule has 21 heavy (non-hydrogen) atoms. The topological polar surface area (TPSA) is 66.4 Å². The maximum atomic E-state index is 13.4. The first-order valence-electron chi connectivity index (χ1n) is 6.90. The quantitative estimate of drug-likeness (QED) is 0.869. The first-order chi connectivity index (χ1) is 9.74. The summed E-state index contributed by atoms with van der Waals surface area (Å²) < 4.78 is 40.9. The van der Waals surface area contributed by atoms with Crippen molar-refractivity contribution in [3.8, 4) is 0 Å². The van der Waals surface area contributed by atoms with Crippen LogP contribution in [-0.2, 0) is 10.0 Å². The molecule has 7 heteroatoms. The van der Waals surface area contributed by atoms with Crippen LogP contribution in [-0.4, -0.2) is 25.7 Å². The van der Waals surface area contributed by atoms with Crippen LogP contribution in [0.25, 0.3) is 0 Å². The van der Waals surface area contributed by atoms with Crippen LogP contribution in [0.4, 0.5) is 4.39 Å². The molecule has 1 fully saturated rings. The van der Waals surface area contributed by atoms with E-state index < -0.39 is 15.8 Å². The zero-order valence-electron chi connectivity index (χ0n) is 11.9. The van der Waals surface area contributed by atoms with Gasteiger partial charge in [0.1, 0.15) is 10.7 Å². The zero-order valence-corrected chi connectivity index (χ0v) is 13.5. The van der Waals surface area contributed by atoms with Crippen LogP contribution in [0.5, 0.6) is 0 Å². The van der Waals surface area contributed by atoms with Gasteiger partial charge in [-0.25, -0.2) is 17.5 Å². The molecule has 1 aromatic carbocycles. The molecule has 4 nitrogen and oxygen atoms in total. The molecule has 0 saturated heterocycles. The van der Waals surface area contributed by atoms with E-state index in [-0.39, 0.29) is 33.5 Å². The Kier molecular flexibility index (Phi) is 4.92. The van der Waals surface area contributed by atoms with Crippen molar-refractivity contribution in [2.24, 2.45) is 5.92 Å². The van der Waals surface area contributed by atoms with Gasteiger partial charge < -0.3 is 5.11 Å². The number of halogens is 2. The molecule has 0 radical (unpaired) electrons. The first kappa shape index (κ1) is 16.7. The summed E-state index contributed by atoms with van der Waals surface area (Å²) in [7, 11) is -3.81. The van der Waals surface area contributed by atoms with E-state index in [1.54, 1.807) is 0 Å². The van der Waals surface area contributed by atoms with Crippen LogP contribution in [0.3, 0.4) is 0 Å². The number of nitrogens with one attached hydrogen (secondary N) is 1. The average Bonchev–Trinajstić information content (AvgIpc) is 2.36. The summed E-state index contributed by atoms with van der Waals surface area (Å²) in [5.41, 5.74) is 0.229. The third-order valence-corrected chi connectivity index (χ3v) is 5.92. The van der Waals surface area contributed by atoms with E-state index in [1.807, 2.05) is 6.92 Å². The van der Waals surface area contributed by atoms with Gasteiger partial charge in [0.25, 0.3) is 0 Å². The predicted octanol–water partition coefficient (Wildman–Crippen LogP) is 2.62. The van der Waals surface area contributed by atoms with Crippen molar-refractivity contribution in [1.82, 2.24) is 4.72 Å². The number of aryl methyl sites for hydroxylation is 1. The lowest BCUT2D eigenvalue weighted by Crippen LogP contribution is -2.46. The van der Waals surface area contributed by atoms with Crippen molar-refractivity contribution in [2.75, 3.05) is 0 Å². The van der Waals surface area contributed by atoms with Gasteiger partial charge in [-0.05, 0) is 49.8 Å². The molecule has 0 heterocycles. The second-order valence-corrected chi connectivity index (χ2v) is 7.64. The molecule has 2 rings (SSSR count). The van der Waals surface area contributed by atoms with E-state index in [1.165, 1.54) is 13.0 Å². The number of hydrogen-bond acceptors (Lipinski definition) is 3. The SMILES string of the molecule is CC[C@@H](NS(=O)(=O)c1cc(C)c(F)cc1Cl)C1CC(O)C1. The second-order valence-electron chi connectivity index (χ2n) is 5.55. The molecular weight excluding hydrogens is 317 g/mol. The third kappa shape index (κ3) is 3.56. The summed E-state index contributed by atoms with van der Waals surface area (Å²) in [5.74, 6) is -0.409.